The van der Waals surface area contributed by atoms with Crippen LogP contribution in [-0.2, 0) is 20.7 Å². The molecule has 0 saturated heterocycles. The summed E-state index contributed by atoms with van der Waals surface area (Å²) in [6.45, 7) is 5.64. The predicted octanol–water partition coefficient (Wildman–Crippen LogP) is 3.62. The van der Waals surface area contributed by atoms with E-state index in [1.165, 1.54) is 6.92 Å². The SMILES string of the molecule is CCC1=NNC(=O)C1Cc1cc(Cl)cc(Cl)c1.CCOC(C)=O. The maximum absolute atomic E-state index is 11.6. The van der Waals surface area contributed by atoms with Gasteiger partial charge in [0.15, 0.2) is 0 Å². The topological polar surface area (TPSA) is 67.8 Å². The lowest BCUT2D eigenvalue weighted by Gasteiger charge is -2.10. The molecule has 23 heavy (non-hydrogen) atoms. The molecule has 1 atom stereocenters. The van der Waals surface area contributed by atoms with Crippen LogP contribution in [0.2, 0.25) is 10.0 Å². The van der Waals surface area contributed by atoms with Crippen molar-refractivity contribution in [2.45, 2.75) is 33.6 Å². The van der Waals surface area contributed by atoms with Crippen molar-refractivity contribution in [3.8, 4) is 0 Å². The normalized spacial score (nSPS) is 16.1. The Morgan fingerprint density at radius 3 is 2.30 bits per heavy atom. The quantitative estimate of drug-likeness (QED) is 0.835. The zero-order chi connectivity index (χ0) is 17.4. The van der Waals surface area contributed by atoms with Crippen molar-refractivity contribution >= 4 is 40.8 Å². The number of carbonyl (C=O) groups is 2. The van der Waals surface area contributed by atoms with Crippen LogP contribution in [0.3, 0.4) is 0 Å². The highest BCUT2D eigenvalue weighted by Crippen LogP contribution is 2.23. The van der Waals surface area contributed by atoms with Gasteiger partial charge in [-0.3, -0.25) is 9.59 Å². The third-order valence-corrected chi connectivity index (χ3v) is 3.54. The molecule has 1 aliphatic rings. The standard InChI is InChI=1S/C12H12Cl2N2O.C4H8O2/c1-2-11-10(12(17)16-15-11)5-7-3-8(13)6-9(14)4-7;1-3-6-4(2)5/h3-4,6,10H,2,5H2,1H3,(H,16,17);3H2,1-2H3. The van der Waals surface area contributed by atoms with Crippen LogP contribution in [0.1, 0.15) is 32.8 Å². The fourth-order valence-electron chi connectivity index (χ4n) is 2.14. The van der Waals surface area contributed by atoms with Crippen molar-refractivity contribution in [3.63, 3.8) is 0 Å². The highest BCUT2D eigenvalue weighted by Gasteiger charge is 2.28. The summed E-state index contributed by atoms with van der Waals surface area (Å²) in [6, 6.07) is 5.33. The summed E-state index contributed by atoms with van der Waals surface area (Å²) < 4.78 is 4.40. The Balaban J connectivity index is 0.000000379. The molecular weight excluding hydrogens is 339 g/mol. The highest BCUT2D eigenvalue weighted by atomic mass is 35.5. The Hall–Kier alpha value is -1.59. The van der Waals surface area contributed by atoms with Crippen LogP contribution in [0.15, 0.2) is 23.3 Å². The van der Waals surface area contributed by atoms with E-state index in [9.17, 15) is 9.59 Å². The molecule has 1 aromatic rings. The van der Waals surface area contributed by atoms with E-state index in [0.717, 1.165) is 17.7 Å². The largest absolute Gasteiger partial charge is 0.466 e. The number of carbonyl (C=O) groups excluding carboxylic acids is 2. The zero-order valence-corrected chi connectivity index (χ0v) is 14.9. The van der Waals surface area contributed by atoms with Crippen LogP contribution in [0.25, 0.3) is 0 Å². The average Bonchev–Trinajstić information content (AvgIpc) is 2.79. The lowest BCUT2D eigenvalue weighted by atomic mass is 9.93. The fourth-order valence-corrected chi connectivity index (χ4v) is 2.71. The van der Waals surface area contributed by atoms with Gasteiger partial charge in [0.25, 0.3) is 0 Å². The Morgan fingerprint density at radius 1 is 1.26 bits per heavy atom. The number of hydrazone groups is 1. The summed E-state index contributed by atoms with van der Waals surface area (Å²) in [7, 11) is 0. The number of esters is 1. The molecule has 0 aromatic heterocycles. The average molecular weight is 359 g/mol. The molecular formula is C16H20Cl2N2O3. The van der Waals surface area contributed by atoms with E-state index in [-0.39, 0.29) is 17.8 Å². The van der Waals surface area contributed by atoms with E-state index >= 15 is 0 Å². The molecule has 1 amide bonds. The molecule has 1 aliphatic heterocycles. The first-order chi connectivity index (χ1) is 10.9. The van der Waals surface area contributed by atoms with E-state index < -0.39 is 0 Å². The summed E-state index contributed by atoms with van der Waals surface area (Å²) in [5.41, 5.74) is 4.33. The smallest absolute Gasteiger partial charge is 0.302 e. The van der Waals surface area contributed by atoms with Crippen LogP contribution in [0.4, 0.5) is 0 Å². The lowest BCUT2D eigenvalue weighted by molar-refractivity contribution is -0.140. The molecule has 0 saturated carbocycles. The van der Waals surface area contributed by atoms with Gasteiger partial charge in [-0.05, 0) is 43.5 Å². The van der Waals surface area contributed by atoms with Gasteiger partial charge in [-0.1, -0.05) is 30.1 Å². The molecule has 0 bridgehead atoms. The minimum absolute atomic E-state index is 0.0575. The summed E-state index contributed by atoms with van der Waals surface area (Å²) in [6.07, 6.45) is 1.34. The monoisotopic (exact) mass is 358 g/mol. The van der Waals surface area contributed by atoms with E-state index in [2.05, 4.69) is 15.3 Å². The van der Waals surface area contributed by atoms with Crippen LogP contribution >= 0.6 is 23.2 Å². The van der Waals surface area contributed by atoms with Crippen molar-refractivity contribution in [2.24, 2.45) is 11.0 Å². The molecule has 126 valence electrons. The second-order valence-corrected chi connectivity index (χ2v) is 5.76. The van der Waals surface area contributed by atoms with Gasteiger partial charge in [-0.25, -0.2) is 5.43 Å². The molecule has 1 heterocycles. The number of benzene rings is 1. The van der Waals surface area contributed by atoms with Crippen molar-refractivity contribution in [1.82, 2.24) is 5.43 Å². The number of ether oxygens (including phenoxy) is 1. The highest BCUT2D eigenvalue weighted by molar-refractivity contribution is 6.34. The Morgan fingerprint density at radius 2 is 1.87 bits per heavy atom. The minimum atomic E-state index is -0.211. The third-order valence-electron chi connectivity index (χ3n) is 3.10. The van der Waals surface area contributed by atoms with Gasteiger partial charge in [-0.2, -0.15) is 5.10 Å². The Labute approximate surface area is 146 Å². The Kier molecular flexibility index (Phi) is 8.06. The van der Waals surface area contributed by atoms with E-state index in [1.807, 2.05) is 19.1 Å². The number of nitrogens with one attached hydrogen (secondary N) is 1. The van der Waals surface area contributed by atoms with Gasteiger partial charge in [-0.15, -0.1) is 0 Å². The molecule has 1 unspecified atom stereocenters. The molecule has 0 spiro atoms. The summed E-state index contributed by atoms with van der Waals surface area (Å²) in [5, 5.41) is 5.18. The number of halogens is 2. The van der Waals surface area contributed by atoms with Gasteiger partial charge >= 0.3 is 5.97 Å². The van der Waals surface area contributed by atoms with Crippen LogP contribution in [0, 0.1) is 5.92 Å². The molecule has 1 aromatic carbocycles. The van der Waals surface area contributed by atoms with Crippen molar-refractivity contribution in [3.05, 3.63) is 33.8 Å². The molecule has 2 rings (SSSR count). The van der Waals surface area contributed by atoms with Gasteiger partial charge in [0.1, 0.15) is 0 Å². The first-order valence-corrected chi connectivity index (χ1v) is 8.07. The number of amides is 1. The van der Waals surface area contributed by atoms with Crippen molar-refractivity contribution in [2.75, 3.05) is 6.61 Å². The maximum atomic E-state index is 11.6. The number of nitrogens with zero attached hydrogens (tertiary/aromatic N) is 1. The van der Waals surface area contributed by atoms with Gasteiger partial charge in [0.2, 0.25) is 5.91 Å². The van der Waals surface area contributed by atoms with Crippen LogP contribution in [0.5, 0.6) is 0 Å². The van der Waals surface area contributed by atoms with E-state index in [1.54, 1.807) is 13.0 Å². The second kappa shape index (κ2) is 9.53. The van der Waals surface area contributed by atoms with Crippen molar-refractivity contribution < 1.29 is 14.3 Å². The number of hydrogen-bond donors (Lipinski definition) is 1. The van der Waals surface area contributed by atoms with Crippen LogP contribution in [-0.4, -0.2) is 24.2 Å². The van der Waals surface area contributed by atoms with Crippen LogP contribution < -0.4 is 5.43 Å². The third kappa shape index (κ3) is 6.59. The first-order valence-electron chi connectivity index (χ1n) is 7.32. The molecule has 5 nitrogen and oxygen atoms in total. The molecule has 1 N–H and O–H groups in total. The summed E-state index contributed by atoms with van der Waals surface area (Å²) in [5.74, 6) is -0.468. The lowest BCUT2D eigenvalue weighted by Crippen LogP contribution is -2.25. The second-order valence-electron chi connectivity index (χ2n) is 4.89. The first kappa shape index (κ1) is 19.5. The predicted molar refractivity (Wildman–Crippen MR) is 91.8 cm³/mol. The summed E-state index contributed by atoms with van der Waals surface area (Å²) in [4.78, 5) is 21.4. The maximum Gasteiger partial charge on any atom is 0.302 e. The Bertz CT molecular complexity index is 583. The summed E-state index contributed by atoms with van der Waals surface area (Å²) >= 11 is 11.9. The molecule has 0 radical (unpaired) electrons. The number of hydrogen-bond acceptors (Lipinski definition) is 4. The fraction of sp³-hybridized carbons (Fsp3) is 0.438. The van der Waals surface area contributed by atoms with Gasteiger partial charge in [0.05, 0.1) is 18.2 Å². The molecule has 7 heteroatoms. The van der Waals surface area contributed by atoms with Crippen molar-refractivity contribution in [1.29, 1.82) is 0 Å². The molecule has 0 aliphatic carbocycles. The van der Waals surface area contributed by atoms with Gasteiger partial charge < -0.3 is 4.74 Å². The van der Waals surface area contributed by atoms with E-state index in [0.29, 0.717) is 23.1 Å². The minimum Gasteiger partial charge on any atom is -0.466 e. The van der Waals surface area contributed by atoms with E-state index in [4.69, 9.17) is 23.2 Å². The van der Waals surface area contributed by atoms with Gasteiger partial charge in [0, 0.05) is 17.0 Å². The zero-order valence-electron chi connectivity index (χ0n) is 13.4. The number of rotatable bonds is 4. The molecule has 0 fully saturated rings.